The smallest absolute Gasteiger partial charge is 0.276 e. The van der Waals surface area contributed by atoms with Gasteiger partial charge in [0.15, 0.2) is 0 Å². The summed E-state index contributed by atoms with van der Waals surface area (Å²) < 4.78 is 0. The first-order chi connectivity index (χ1) is 12.0. The lowest BCUT2D eigenvalue weighted by Crippen LogP contribution is -2.16. The number of benzene rings is 2. The molecule has 0 fully saturated rings. The maximum Gasteiger partial charge on any atom is 0.276 e. The molecule has 0 aliphatic carbocycles. The monoisotopic (exact) mass is 331 g/mol. The van der Waals surface area contributed by atoms with Crippen molar-refractivity contribution in [3.05, 3.63) is 84.3 Å². The molecule has 3 aromatic rings. The SMILES string of the molecule is C=C(O)c1ccc(-c2cnc(C)c(C(=O)Nc3ccccc3)n2)cc1. The summed E-state index contributed by atoms with van der Waals surface area (Å²) in [6.07, 6.45) is 1.62. The van der Waals surface area contributed by atoms with Crippen molar-refractivity contribution in [1.82, 2.24) is 9.97 Å². The molecule has 0 aliphatic rings. The molecule has 0 saturated heterocycles. The molecule has 0 aliphatic heterocycles. The second kappa shape index (κ2) is 6.97. The number of aliphatic hydroxyl groups excluding tert-OH is 1. The van der Waals surface area contributed by atoms with E-state index in [0.717, 1.165) is 5.56 Å². The van der Waals surface area contributed by atoms with E-state index in [2.05, 4.69) is 21.9 Å². The minimum Gasteiger partial charge on any atom is -0.508 e. The third-order valence-corrected chi connectivity index (χ3v) is 3.72. The lowest BCUT2D eigenvalue weighted by Gasteiger charge is -2.09. The Bertz CT molecular complexity index is 919. The van der Waals surface area contributed by atoms with Crippen LogP contribution in [0.4, 0.5) is 5.69 Å². The summed E-state index contributed by atoms with van der Waals surface area (Å²) in [7, 11) is 0. The minimum atomic E-state index is -0.307. The van der Waals surface area contributed by atoms with Crippen LogP contribution in [0, 0.1) is 6.92 Å². The van der Waals surface area contributed by atoms with Gasteiger partial charge in [0.05, 0.1) is 17.6 Å². The topological polar surface area (TPSA) is 75.1 Å². The van der Waals surface area contributed by atoms with E-state index >= 15 is 0 Å². The number of anilines is 1. The van der Waals surface area contributed by atoms with E-state index in [1.54, 1.807) is 37.4 Å². The molecule has 5 nitrogen and oxygen atoms in total. The van der Waals surface area contributed by atoms with E-state index in [-0.39, 0.29) is 17.4 Å². The molecule has 2 aromatic carbocycles. The molecule has 0 atom stereocenters. The molecular formula is C20H17N3O2. The summed E-state index contributed by atoms with van der Waals surface area (Å²) in [5.74, 6) is -0.303. The number of nitrogens with one attached hydrogen (secondary N) is 1. The predicted molar refractivity (Wildman–Crippen MR) is 98.3 cm³/mol. The van der Waals surface area contributed by atoms with E-state index in [1.165, 1.54) is 0 Å². The zero-order valence-electron chi connectivity index (χ0n) is 13.7. The zero-order chi connectivity index (χ0) is 17.8. The van der Waals surface area contributed by atoms with Crippen molar-refractivity contribution >= 4 is 17.4 Å². The Labute approximate surface area is 145 Å². The zero-order valence-corrected chi connectivity index (χ0v) is 13.7. The molecule has 0 spiro atoms. The van der Waals surface area contributed by atoms with Gasteiger partial charge in [0.2, 0.25) is 0 Å². The van der Waals surface area contributed by atoms with Crippen LogP contribution in [0.5, 0.6) is 0 Å². The lowest BCUT2D eigenvalue weighted by molar-refractivity contribution is 0.102. The van der Waals surface area contributed by atoms with Gasteiger partial charge in [-0.3, -0.25) is 9.78 Å². The predicted octanol–water partition coefficient (Wildman–Crippen LogP) is 4.23. The number of carbonyl (C=O) groups excluding carboxylic acids is 1. The highest BCUT2D eigenvalue weighted by atomic mass is 16.3. The molecule has 124 valence electrons. The summed E-state index contributed by atoms with van der Waals surface area (Å²) in [5, 5.41) is 12.2. The van der Waals surface area contributed by atoms with Gasteiger partial charge in [0, 0.05) is 16.8 Å². The van der Waals surface area contributed by atoms with Crippen LogP contribution in [-0.2, 0) is 0 Å². The molecule has 1 aromatic heterocycles. The van der Waals surface area contributed by atoms with Crippen molar-refractivity contribution in [1.29, 1.82) is 0 Å². The average molecular weight is 331 g/mol. The van der Waals surface area contributed by atoms with Gasteiger partial charge >= 0.3 is 0 Å². The molecule has 0 saturated carbocycles. The highest BCUT2D eigenvalue weighted by Crippen LogP contribution is 2.20. The number of nitrogens with zero attached hydrogens (tertiary/aromatic N) is 2. The normalized spacial score (nSPS) is 10.3. The number of aliphatic hydroxyl groups is 1. The van der Waals surface area contributed by atoms with E-state index in [9.17, 15) is 9.90 Å². The number of aryl methyl sites for hydroxylation is 1. The Balaban J connectivity index is 1.90. The van der Waals surface area contributed by atoms with Crippen molar-refractivity contribution in [2.24, 2.45) is 0 Å². The Morgan fingerprint density at radius 3 is 2.40 bits per heavy atom. The maximum absolute atomic E-state index is 12.5. The summed E-state index contributed by atoms with van der Waals surface area (Å²) in [4.78, 5) is 21.2. The van der Waals surface area contributed by atoms with Crippen molar-refractivity contribution in [2.45, 2.75) is 6.92 Å². The summed E-state index contributed by atoms with van der Waals surface area (Å²) in [6, 6.07) is 16.3. The van der Waals surface area contributed by atoms with Crippen LogP contribution in [0.25, 0.3) is 17.0 Å². The third-order valence-electron chi connectivity index (χ3n) is 3.72. The molecule has 0 unspecified atom stereocenters. The van der Waals surface area contributed by atoms with Gasteiger partial charge in [0.25, 0.3) is 5.91 Å². The molecular weight excluding hydrogens is 314 g/mol. The van der Waals surface area contributed by atoms with Crippen LogP contribution in [0.1, 0.15) is 21.7 Å². The summed E-state index contributed by atoms with van der Waals surface area (Å²) in [5.41, 5.74) is 3.54. The molecule has 0 bridgehead atoms. The number of rotatable bonds is 4. The fourth-order valence-corrected chi connectivity index (χ4v) is 2.35. The van der Waals surface area contributed by atoms with Crippen molar-refractivity contribution in [3.63, 3.8) is 0 Å². The van der Waals surface area contributed by atoms with E-state index < -0.39 is 0 Å². The molecule has 0 radical (unpaired) electrons. The van der Waals surface area contributed by atoms with E-state index in [0.29, 0.717) is 22.6 Å². The van der Waals surface area contributed by atoms with Crippen molar-refractivity contribution in [2.75, 3.05) is 5.32 Å². The van der Waals surface area contributed by atoms with Gasteiger partial charge < -0.3 is 10.4 Å². The third kappa shape index (κ3) is 3.72. The van der Waals surface area contributed by atoms with Crippen LogP contribution in [0.2, 0.25) is 0 Å². The lowest BCUT2D eigenvalue weighted by atomic mass is 10.1. The summed E-state index contributed by atoms with van der Waals surface area (Å²) >= 11 is 0. The second-order valence-corrected chi connectivity index (χ2v) is 5.53. The number of carbonyl (C=O) groups is 1. The maximum atomic E-state index is 12.5. The van der Waals surface area contributed by atoms with Crippen LogP contribution >= 0.6 is 0 Å². The highest BCUT2D eigenvalue weighted by molar-refractivity contribution is 6.03. The minimum absolute atomic E-state index is 0.00414. The number of hydrogen-bond acceptors (Lipinski definition) is 4. The van der Waals surface area contributed by atoms with Gasteiger partial charge in [-0.2, -0.15) is 0 Å². The average Bonchev–Trinajstić information content (AvgIpc) is 2.63. The highest BCUT2D eigenvalue weighted by Gasteiger charge is 2.14. The first-order valence-corrected chi connectivity index (χ1v) is 7.73. The van der Waals surface area contributed by atoms with Crippen LogP contribution in [0.15, 0.2) is 67.4 Å². The second-order valence-electron chi connectivity index (χ2n) is 5.53. The largest absolute Gasteiger partial charge is 0.508 e. The molecule has 5 heteroatoms. The number of aromatic nitrogens is 2. The fourth-order valence-electron chi connectivity index (χ4n) is 2.35. The Kier molecular flexibility index (Phi) is 4.57. The molecule has 25 heavy (non-hydrogen) atoms. The van der Waals surface area contributed by atoms with Gasteiger partial charge in [-0.15, -0.1) is 0 Å². The number of hydrogen-bond donors (Lipinski definition) is 2. The van der Waals surface area contributed by atoms with Crippen molar-refractivity contribution in [3.8, 4) is 11.3 Å². The van der Waals surface area contributed by atoms with Gasteiger partial charge in [0.1, 0.15) is 11.5 Å². The van der Waals surface area contributed by atoms with Crippen molar-refractivity contribution < 1.29 is 9.90 Å². The van der Waals surface area contributed by atoms with Gasteiger partial charge in [-0.1, -0.05) is 49.0 Å². The Hall–Kier alpha value is -3.47. The Morgan fingerprint density at radius 2 is 1.76 bits per heavy atom. The number of amides is 1. The van der Waals surface area contributed by atoms with Crippen LogP contribution < -0.4 is 5.32 Å². The van der Waals surface area contributed by atoms with E-state index in [4.69, 9.17) is 0 Å². The van der Waals surface area contributed by atoms with Crippen LogP contribution in [0.3, 0.4) is 0 Å². The number of para-hydroxylation sites is 1. The van der Waals surface area contributed by atoms with Gasteiger partial charge in [-0.25, -0.2) is 4.98 Å². The van der Waals surface area contributed by atoms with Crippen LogP contribution in [-0.4, -0.2) is 21.0 Å². The molecule has 3 rings (SSSR count). The standard InChI is InChI=1S/C20H17N3O2/c1-13-19(20(25)22-17-6-4-3-5-7-17)23-18(12-21-13)16-10-8-15(9-11-16)14(2)24/h3-12,24H,2H2,1H3,(H,22,25). The molecule has 1 amide bonds. The van der Waals surface area contributed by atoms with Gasteiger partial charge in [-0.05, 0) is 19.1 Å². The molecule has 2 N–H and O–H groups in total. The first kappa shape index (κ1) is 16.4. The Morgan fingerprint density at radius 1 is 1.08 bits per heavy atom. The fraction of sp³-hybridized carbons (Fsp3) is 0.0500. The first-order valence-electron chi connectivity index (χ1n) is 7.73. The molecule has 1 heterocycles. The van der Waals surface area contributed by atoms with E-state index in [1.807, 2.05) is 30.3 Å². The quantitative estimate of drug-likeness (QED) is 0.701. The summed E-state index contributed by atoms with van der Waals surface area (Å²) in [6.45, 7) is 5.24.